The number of nitrogens with one attached hydrogen (secondary N) is 3. The molecule has 0 radical (unpaired) electrons. The fourth-order valence-electron chi connectivity index (χ4n) is 2.15. The van der Waals surface area contributed by atoms with Crippen molar-refractivity contribution in [1.82, 2.24) is 16.0 Å². The van der Waals surface area contributed by atoms with Crippen LogP contribution in [0.3, 0.4) is 0 Å². The van der Waals surface area contributed by atoms with Crippen LogP contribution in [-0.2, 0) is 4.79 Å². The molecule has 24 heavy (non-hydrogen) atoms. The van der Waals surface area contributed by atoms with Crippen molar-refractivity contribution in [1.29, 1.82) is 0 Å². The van der Waals surface area contributed by atoms with E-state index in [0.717, 1.165) is 25.1 Å². The van der Waals surface area contributed by atoms with E-state index in [2.05, 4.69) is 16.0 Å². The fraction of sp³-hybridized carbons (Fsp3) is 0.529. The molecule has 1 rings (SSSR count). The number of rotatable bonds is 9. The van der Waals surface area contributed by atoms with E-state index in [1.165, 1.54) is 6.07 Å². The third kappa shape index (κ3) is 5.88. The summed E-state index contributed by atoms with van der Waals surface area (Å²) in [4.78, 5) is 24.4. The van der Waals surface area contributed by atoms with Crippen molar-refractivity contribution in [3.8, 4) is 0 Å². The zero-order valence-corrected chi connectivity index (χ0v) is 14.3. The molecule has 5 nitrogen and oxygen atoms in total. The number of hydrogen-bond donors (Lipinski definition) is 3. The monoisotopic (exact) mass is 341 g/mol. The molecule has 0 heterocycles. The van der Waals surface area contributed by atoms with Gasteiger partial charge in [-0.25, -0.2) is 8.78 Å². The van der Waals surface area contributed by atoms with Crippen LogP contribution in [0.25, 0.3) is 0 Å². The summed E-state index contributed by atoms with van der Waals surface area (Å²) in [5.74, 6) is -3.47. The van der Waals surface area contributed by atoms with E-state index in [1.807, 2.05) is 6.92 Å². The Morgan fingerprint density at radius 2 is 1.71 bits per heavy atom. The topological polar surface area (TPSA) is 70.2 Å². The van der Waals surface area contributed by atoms with Crippen molar-refractivity contribution in [2.45, 2.75) is 33.2 Å². The van der Waals surface area contributed by atoms with E-state index in [4.69, 9.17) is 0 Å². The molecule has 0 saturated heterocycles. The molecule has 1 aromatic carbocycles. The Kier molecular flexibility index (Phi) is 8.32. The highest BCUT2D eigenvalue weighted by molar-refractivity contribution is 5.98. The Morgan fingerprint density at radius 3 is 2.25 bits per heavy atom. The summed E-state index contributed by atoms with van der Waals surface area (Å²) in [7, 11) is 0. The molecule has 2 amide bonds. The van der Waals surface area contributed by atoms with Crippen molar-refractivity contribution < 1.29 is 18.4 Å². The van der Waals surface area contributed by atoms with Crippen LogP contribution in [0, 0.1) is 17.6 Å². The third-order valence-electron chi connectivity index (χ3n) is 3.45. The number of hydrogen-bond acceptors (Lipinski definition) is 3. The first-order chi connectivity index (χ1) is 11.4. The normalized spacial score (nSPS) is 12.1. The molecule has 134 valence electrons. The van der Waals surface area contributed by atoms with Gasteiger partial charge in [0.1, 0.15) is 23.2 Å². The van der Waals surface area contributed by atoms with E-state index in [9.17, 15) is 18.4 Å². The van der Waals surface area contributed by atoms with Crippen LogP contribution >= 0.6 is 0 Å². The standard InChI is InChI=1S/C17H25F2N3O2/c1-4-8-20-9-10-21-17(24)15(11(2)3)22-16(23)14-12(18)6-5-7-13(14)19/h5-7,11,15,20H,4,8-10H2,1-3H3,(H,21,24)(H,22,23)/t15-/m0/s1. The average molecular weight is 341 g/mol. The molecule has 3 N–H and O–H groups in total. The van der Waals surface area contributed by atoms with Gasteiger partial charge in [-0.2, -0.15) is 0 Å². The maximum Gasteiger partial charge on any atom is 0.257 e. The van der Waals surface area contributed by atoms with Crippen LogP contribution in [0.4, 0.5) is 8.78 Å². The van der Waals surface area contributed by atoms with Gasteiger partial charge in [0, 0.05) is 13.1 Å². The van der Waals surface area contributed by atoms with Gasteiger partial charge in [-0.15, -0.1) is 0 Å². The lowest BCUT2D eigenvalue weighted by Crippen LogP contribution is -2.51. The predicted molar refractivity (Wildman–Crippen MR) is 88.6 cm³/mol. The summed E-state index contributed by atoms with van der Waals surface area (Å²) in [5, 5.41) is 8.26. The molecule has 1 aromatic rings. The molecule has 0 saturated carbocycles. The van der Waals surface area contributed by atoms with Gasteiger partial charge in [-0.3, -0.25) is 9.59 Å². The Labute approximate surface area is 141 Å². The van der Waals surface area contributed by atoms with Crippen LogP contribution in [-0.4, -0.2) is 37.5 Å². The van der Waals surface area contributed by atoms with Crippen molar-refractivity contribution in [2.24, 2.45) is 5.92 Å². The summed E-state index contributed by atoms with van der Waals surface area (Å²) in [6, 6.07) is 2.31. The summed E-state index contributed by atoms with van der Waals surface area (Å²) in [6.07, 6.45) is 0.993. The molecule has 7 heteroatoms. The zero-order chi connectivity index (χ0) is 18.1. The molecule has 0 bridgehead atoms. The number of halogens is 2. The molecular formula is C17H25F2N3O2. The second-order valence-corrected chi connectivity index (χ2v) is 5.83. The van der Waals surface area contributed by atoms with Gasteiger partial charge in [0.2, 0.25) is 5.91 Å². The van der Waals surface area contributed by atoms with E-state index >= 15 is 0 Å². The van der Waals surface area contributed by atoms with Gasteiger partial charge < -0.3 is 16.0 Å². The Morgan fingerprint density at radius 1 is 1.08 bits per heavy atom. The van der Waals surface area contributed by atoms with Crippen molar-refractivity contribution >= 4 is 11.8 Å². The molecular weight excluding hydrogens is 316 g/mol. The average Bonchev–Trinajstić information content (AvgIpc) is 2.51. The molecule has 0 aliphatic carbocycles. The maximum absolute atomic E-state index is 13.7. The Bertz CT molecular complexity index is 545. The number of carbonyl (C=O) groups is 2. The van der Waals surface area contributed by atoms with Crippen LogP contribution < -0.4 is 16.0 Å². The van der Waals surface area contributed by atoms with Gasteiger partial charge in [0.05, 0.1) is 0 Å². The number of carbonyl (C=O) groups excluding carboxylic acids is 2. The van der Waals surface area contributed by atoms with Crippen LogP contribution in [0.5, 0.6) is 0 Å². The largest absolute Gasteiger partial charge is 0.353 e. The molecule has 0 unspecified atom stereocenters. The van der Waals surface area contributed by atoms with Gasteiger partial charge in [-0.1, -0.05) is 26.8 Å². The second kappa shape index (κ2) is 9.97. The number of benzene rings is 1. The minimum absolute atomic E-state index is 0.229. The molecule has 0 spiro atoms. The fourth-order valence-corrected chi connectivity index (χ4v) is 2.15. The predicted octanol–water partition coefficient (Wildman–Crippen LogP) is 1.83. The highest BCUT2D eigenvalue weighted by Crippen LogP contribution is 2.13. The zero-order valence-electron chi connectivity index (χ0n) is 14.3. The summed E-state index contributed by atoms with van der Waals surface area (Å²) >= 11 is 0. The lowest BCUT2D eigenvalue weighted by molar-refractivity contribution is -0.123. The molecule has 0 fully saturated rings. The first-order valence-corrected chi connectivity index (χ1v) is 8.11. The SMILES string of the molecule is CCCNCCNC(=O)[C@@H](NC(=O)c1c(F)cccc1F)C(C)C. The van der Waals surface area contributed by atoms with Gasteiger partial charge in [0.15, 0.2) is 0 Å². The third-order valence-corrected chi connectivity index (χ3v) is 3.45. The second-order valence-electron chi connectivity index (χ2n) is 5.83. The number of amides is 2. The van der Waals surface area contributed by atoms with Crippen molar-refractivity contribution in [3.63, 3.8) is 0 Å². The molecule has 1 atom stereocenters. The van der Waals surface area contributed by atoms with Crippen molar-refractivity contribution in [3.05, 3.63) is 35.4 Å². The van der Waals surface area contributed by atoms with Crippen LogP contribution in [0.15, 0.2) is 18.2 Å². The summed E-state index contributed by atoms with van der Waals surface area (Å²) in [6.45, 7) is 7.41. The highest BCUT2D eigenvalue weighted by Gasteiger charge is 2.26. The molecule has 0 aliphatic heterocycles. The lowest BCUT2D eigenvalue weighted by Gasteiger charge is -2.22. The maximum atomic E-state index is 13.7. The molecule has 0 aliphatic rings. The Hall–Kier alpha value is -2.02. The quantitative estimate of drug-likeness (QED) is 0.600. The van der Waals surface area contributed by atoms with Crippen LogP contribution in [0.1, 0.15) is 37.6 Å². The van der Waals surface area contributed by atoms with Gasteiger partial charge >= 0.3 is 0 Å². The first-order valence-electron chi connectivity index (χ1n) is 8.11. The Balaban J connectivity index is 2.68. The summed E-state index contributed by atoms with van der Waals surface area (Å²) < 4.78 is 27.3. The van der Waals surface area contributed by atoms with E-state index in [-0.39, 0.29) is 11.8 Å². The van der Waals surface area contributed by atoms with E-state index in [0.29, 0.717) is 13.1 Å². The van der Waals surface area contributed by atoms with E-state index in [1.54, 1.807) is 13.8 Å². The van der Waals surface area contributed by atoms with Gasteiger partial charge in [-0.05, 0) is 31.0 Å². The van der Waals surface area contributed by atoms with E-state index < -0.39 is 29.1 Å². The lowest BCUT2D eigenvalue weighted by atomic mass is 10.0. The highest BCUT2D eigenvalue weighted by atomic mass is 19.1. The van der Waals surface area contributed by atoms with Crippen LogP contribution in [0.2, 0.25) is 0 Å². The van der Waals surface area contributed by atoms with Gasteiger partial charge in [0.25, 0.3) is 5.91 Å². The summed E-state index contributed by atoms with van der Waals surface area (Å²) in [5.41, 5.74) is -0.680. The smallest absolute Gasteiger partial charge is 0.257 e. The van der Waals surface area contributed by atoms with Crippen molar-refractivity contribution in [2.75, 3.05) is 19.6 Å². The first kappa shape index (κ1) is 20.0. The molecule has 0 aromatic heterocycles. The minimum Gasteiger partial charge on any atom is -0.353 e. The minimum atomic E-state index is -0.959.